The molecule has 1 aliphatic rings. The summed E-state index contributed by atoms with van der Waals surface area (Å²) < 4.78 is 11.0. The maximum absolute atomic E-state index is 11.4. The minimum Gasteiger partial charge on any atom is -0.494 e. The standard InChI is InChI=1S/C24H30N2O3/c25-17-23(26)24(27)29-14-6-2-5-13-28-22-12-11-20-15-19(9-10-21(20)16-22)18-7-3-1-4-8-18/h1,3-4,7-8,11-12,15-16,23H,2,5-6,9-10,13-14,17,25-26H2. The highest BCUT2D eigenvalue weighted by molar-refractivity contribution is 5.84. The van der Waals surface area contributed by atoms with Crippen LogP contribution < -0.4 is 16.2 Å². The molecule has 1 atom stereocenters. The van der Waals surface area contributed by atoms with Gasteiger partial charge in [-0.2, -0.15) is 0 Å². The molecule has 154 valence electrons. The summed E-state index contributed by atoms with van der Waals surface area (Å²) in [7, 11) is 0. The van der Waals surface area contributed by atoms with Crippen molar-refractivity contribution >= 4 is 17.6 Å². The van der Waals surface area contributed by atoms with E-state index in [1.807, 2.05) is 12.1 Å². The van der Waals surface area contributed by atoms with E-state index < -0.39 is 12.0 Å². The van der Waals surface area contributed by atoms with E-state index in [2.05, 4.69) is 42.5 Å². The Morgan fingerprint density at radius 3 is 2.59 bits per heavy atom. The minimum absolute atomic E-state index is 0.108. The zero-order chi connectivity index (χ0) is 20.5. The highest BCUT2D eigenvalue weighted by atomic mass is 16.5. The van der Waals surface area contributed by atoms with E-state index in [4.69, 9.17) is 20.9 Å². The van der Waals surface area contributed by atoms with Gasteiger partial charge in [-0.05, 0) is 66.5 Å². The fourth-order valence-corrected chi connectivity index (χ4v) is 3.39. The molecule has 5 heteroatoms. The van der Waals surface area contributed by atoms with Gasteiger partial charge in [-0.25, -0.2) is 0 Å². The third-order valence-electron chi connectivity index (χ3n) is 5.11. The number of benzene rings is 2. The highest BCUT2D eigenvalue weighted by Crippen LogP contribution is 2.32. The molecule has 0 amide bonds. The molecule has 2 aromatic rings. The van der Waals surface area contributed by atoms with Crippen LogP contribution in [0.25, 0.3) is 11.6 Å². The Bertz CT molecular complexity index is 833. The van der Waals surface area contributed by atoms with E-state index in [9.17, 15) is 4.79 Å². The number of aryl methyl sites for hydroxylation is 1. The van der Waals surface area contributed by atoms with Crippen molar-refractivity contribution in [2.75, 3.05) is 19.8 Å². The Kier molecular flexibility index (Phi) is 7.85. The van der Waals surface area contributed by atoms with Crippen molar-refractivity contribution in [2.45, 2.75) is 38.1 Å². The smallest absolute Gasteiger partial charge is 0.324 e. The molecule has 0 bridgehead atoms. The second-order valence-electron chi connectivity index (χ2n) is 7.32. The van der Waals surface area contributed by atoms with E-state index in [0.717, 1.165) is 37.9 Å². The van der Waals surface area contributed by atoms with E-state index in [1.165, 1.54) is 22.3 Å². The molecule has 0 spiro atoms. The molecule has 0 aliphatic heterocycles. The number of hydrogen-bond donors (Lipinski definition) is 2. The van der Waals surface area contributed by atoms with Crippen LogP contribution in [0.15, 0.2) is 48.5 Å². The van der Waals surface area contributed by atoms with Crippen LogP contribution in [0.5, 0.6) is 5.75 Å². The molecular formula is C24H30N2O3. The number of esters is 1. The molecule has 2 aromatic carbocycles. The molecule has 4 N–H and O–H groups in total. The molecular weight excluding hydrogens is 364 g/mol. The topological polar surface area (TPSA) is 87.6 Å². The lowest BCUT2D eigenvalue weighted by Gasteiger charge is -2.18. The Morgan fingerprint density at radius 2 is 1.79 bits per heavy atom. The summed E-state index contributed by atoms with van der Waals surface area (Å²) in [6, 6.07) is 16.2. The van der Waals surface area contributed by atoms with Crippen molar-refractivity contribution in [1.82, 2.24) is 0 Å². The van der Waals surface area contributed by atoms with E-state index in [1.54, 1.807) is 0 Å². The average molecular weight is 395 g/mol. The van der Waals surface area contributed by atoms with Gasteiger partial charge in [-0.1, -0.05) is 42.5 Å². The quantitative estimate of drug-likeness (QED) is 0.475. The fourth-order valence-electron chi connectivity index (χ4n) is 3.39. The van der Waals surface area contributed by atoms with Crippen LogP contribution in [0.4, 0.5) is 0 Å². The zero-order valence-electron chi connectivity index (χ0n) is 16.8. The lowest BCUT2D eigenvalue weighted by atomic mass is 9.88. The number of fused-ring (bicyclic) bond motifs is 1. The molecule has 3 rings (SSSR count). The van der Waals surface area contributed by atoms with Crippen LogP contribution >= 0.6 is 0 Å². The first-order chi connectivity index (χ1) is 14.2. The minimum atomic E-state index is -0.721. The first kappa shape index (κ1) is 21.1. The predicted octanol–water partition coefficient (Wildman–Crippen LogP) is 3.55. The molecule has 1 aliphatic carbocycles. The Labute approximate surface area is 172 Å². The van der Waals surface area contributed by atoms with Gasteiger partial charge in [0.1, 0.15) is 11.8 Å². The maximum Gasteiger partial charge on any atom is 0.324 e. The molecule has 29 heavy (non-hydrogen) atoms. The third kappa shape index (κ3) is 6.17. The van der Waals surface area contributed by atoms with Crippen LogP contribution in [0.1, 0.15) is 42.4 Å². The molecule has 1 unspecified atom stereocenters. The summed E-state index contributed by atoms with van der Waals surface area (Å²) in [5, 5.41) is 0. The molecule has 0 radical (unpaired) electrons. The van der Waals surface area contributed by atoms with Crippen LogP contribution in [0.3, 0.4) is 0 Å². The fraction of sp³-hybridized carbons (Fsp3) is 0.375. The van der Waals surface area contributed by atoms with Crippen molar-refractivity contribution in [3.8, 4) is 5.75 Å². The van der Waals surface area contributed by atoms with Crippen molar-refractivity contribution in [3.63, 3.8) is 0 Å². The van der Waals surface area contributed by atoms with Crippen LogP contribution in [-0.2, 0) is 16.0 Å². The van der Waals surface area contributed by atoms with Gasteiger partial charge < -0.3 is 20.9 Å². The van der Waals surface area contributed by atoms with Gasteiger partial charge in [-0.3, -0.25) is 4.79 Å². The van der Waals surface area contributed by atoms with Gasteiger partial charge in [0.2, 0.25) is 0 Å². The van der Waals surface area contributed by atoms with E-state index in [0.29, 0.717) is 13.2 Å². The highest BCUT2D eigenvalue weighted by Gasteiger charge is 2.13. The van der Waals surface area contributed by atoms with Gasteiger partial charge in [0.05, 0.1) is 13.2 Å². The van der Waals surface area contributed by atoms with Crippen molar-refractivity contribution in [1.29, 1.82) is 0 Å². The Balaban J connectivity index is 1.40. The van der Waals surface area contributed by atoms with Gasteiger partial charge in [-0.15, -0.1) is 0 Å². The average Bonchev–Trinajstić information content (AvgIpc) is 2.77. The largest absolute Gasteiger partial charge is 0.494 e. The van der Waals surface area contributed by atoms with Gasteiger partial charge >= 0.3 is 5.97 Å². The SMILES string of the molecule is NCC(N)C(=O)OCCCCCOc1ccc2c(c1)CCC(c1ccccc1)=C2. The number of ether oxygens (including phenoxy) is 2. The summed E-state index contributed by atoms with van der Waals surface area (Å²) in [6.45, 7) is 1.14. The van der Waals surface area contributed by atoms with E-state index in [-0.39, 0.29) is 6.54 Å². The molecule has 5 nitrogen and oxygen atoms in total. The second kappa shape index (κ2) is 10.8. The number of allylic oxidation sites excluding steroid dienone is 1. The molecule has 0 saturated carbocycles. The summed E-state index contributed by atoms with van der Waals surface area (Å²) in [6.07, 6.45) is 7.00. The Morgan fingerprint density at radius 1 is 1.00 bits per heavy atom. The second-order valence-corrected chi connectivity index (χ2v) is 7.32. The van der Waals surface area contributed by atoms with Crippen LogP contribution in [0.2, 0.25) is 0 Å². The molecule has 0 fully saturated rings. The molecule has 0 aromatic heterocycles. The van der Waals surface area contributed by atoms with Gasteiger partial charge in [0.25, 0.3) is 0 Å². The van der Waals surface area contributed by atoms with E-state index >= 15 is 0 Å². The number of carbonyl (C=O) groups is 1. The maximum atomic E-state index is 11.4. The molecule has 0 saturated heterocycles. The first-order valence-corrected chi connectivity index (χ1v) is 10.3. The lowest BCUT2D eigenvalue weighted by Crippen LogP contribution is -2.39. The molecule has 0 heterocycles. The first-order valence-electron chi connectivity index (χ1n) is 10.3. The number of unbranched alkanes of at least 4 members (excludes halogenated alkanes) is 2. The number of nitrogens with two attached hydrogens (primary N) is 2. The predicted molar refractivity (Wildman–Crippen MR) is 116 cm³/mol. The van der Waals surface area contributed by atoms with Crippen molar-refractivity contribution in [3.05, 3.63) is 65.2 Å². The normalized spacial score (nSPS) is 13.9. The Hall–Kier alpha value is -2.63. The lowest BCUT2D eigenvalue weighted by molar-refractivity contribution is -0.145. The van der Waals surface area contributed by atoms with Crippen LogP contribution in [-0.4, -0.2) is 31.8 Å². The summed E-state index contributed by atoms with van der Waals surface area (Å²) >= 11 is 0. The zero-order valence-corrected chi connectivity index (χ0v) is 16.8. The number of rotatable bonds is 10. The van der Waals surface area contributed by atoms with Crippen molar-refractivity contribution in [2.24, 2.45) is 11.5 Å². The van der Waals surface area contributed by atoms with Gasteiger partial charge in [0.15, 0.2) is 0 Å². The number of hydrogen-bond acceptors (Lipinski definition) is 5. The monoisotopic (exact) mass is 394 g/mol. The summed E-state index contributed by atoms with van der Waals surface area (Å²) in [4.78, 5) is 11.4. The number of carbonyl (C=O) groups excluding carboxylic acids is 1. The third-order valence-corrected chi connectivity index (χ3v) is 5.11. The summed E-state index contributed by atoms with van der Waals surface area (Å²) in [5.74, 6) is 0.489. The summed E-state index contributed by atoms with van der Waals surface area (Å²) in [5.41, 5.74) is 16.1. The van der Waals surface area contributed by atoms with Crippen LogP contribution in [0, 0.1) is 0 Å². The van der Waals surface area contributed by atoms with Gasteiger partial charge in [0, 0.05) is 6.54 Å². The van der Waals surface area contributed by atoms with Crippen molar-refractivity contribution < 1.29 is 14.3 Å².